The normalized spacial score (nSPS) is 10.3. The maximum atomic E-state index is 13.8. The van der Waals surface area contributed by atoms with Gasteiger partial charge in [0.1, 0.15) is 0 Å². The fraction of sp³-hybridized carbons (Fsp3) is 0.538. The van der Waals surface area contributed by atoms with Crippen LogP contribution < -0.4 is 10.6 Å². The predicted molar refractivity (Wildman–Crippen MR) is 73.4 cm³/mol. The number of aromatic nitrogens is 1. The van der Waals surface area contributed by atoms with Crippen LogP contribution in [0.15, 0.2) is 12.3 Å². The van der Waals surface area contributed by atoms with Crippen molar-refractivity contribution in [2.75, 3.05) is 45.8 Å². The number of carbonyl (C=O) groups is 1. The molecule has 20 heavy (non-hydrogen) atoms. The number of amides is 1. The van der Waals surface area contributed by atoms with Crippen molar-refractivity contribution in [1.82, 2.24) is 10.3 Å². The van der Waals surface area contributed by atoms with E-state index in [-0.39, 0.29) is 11.4 Å². The summed E-state index contributed by atoms with van der Waals surface area (Å²) < 4.78 is 23.9. The van der Waals surface area contributed by atoms with Gasteiger partial charge in [-0.25, -0.2) is 9.37 Å². The molecule has 0 bridgehead atoms. The Morgan fingerprint density at radius 1 is 1.40 bits per heavy atom. The molecule has 0 radical (unpaired) electrons. The Kier molecular flexibility index (Phi) is 7.52. The standard InChI is InChI=1S/C13H20FN3O3/c1-15-12-11(14)10(4-6-16-12)13(18)17-5-3-7-20-9-8-19-2/h4,6H,3,5,7-9H2,1-2H3,(H,15,16)(H,17,18). The topological polar surface area (TPSA) is 72.5 Å². The van der Waals surface area contributed by atoms with Gasteiger partial charge in [0.05, 0.1) is 18.8 Å². The minimum absolute atomic E-state index is 0.0235. The Bertz CT molecular complexity index is 429. The lowest BCUT2D eigenvalue weighted by molar-refractivity contribution is 0.0688. The number of nitrogens with zero attached hydrogens (tertiary/aromatic N) is 1. The van der Waals surface area contributed by atoms with Crippen LogP contribution in [-0.2, 0) is 9.47 Å². The first kappa shape index (κ1) is 16.3. The molecule has 0 aliphatic carbocycles. The van der Waals surface area contributed by atoms with Gasteiger partial charge in [0.2, 0.25) is 0 Å². The van der Waals surface area contributed by atoms with Crippen LogP contribution in [0.3, 0.4) is 0 Å². The lowest BCUT2D eigenvalue weighted by Crippen LogP contribution is -2.26. The molecule has 0 fully saturated rings. The Balaban J connectivity index is 2.33. The number of anilines is 1. The molecule has 0 atom stereocenters. The number of methoxy groups -OCH3 is 1. The second kappa shape index (κ2) is 9.22. The van der Waals surface area contributed by atoms with Crippen molar-refractivity contribution >= 4 is 11.7 Å². The highest BCUT2D eigenvalue weighted by Gasteiger charge is 2.14. The third kappa shape index (κ3) is 5.10. The molecule has 1 rings (SSSR count). The van der Waals surface area contributed by atoms with Crippen molar-refractivity contribution in [3.63, 3.8) is 0 Å². The van der Waals surface area contributed by atoms with E-state index >= 15 is 0 Å². The van der Waals surface area contributed by atoms with E-state index in [1.807, 2.05) is 0 Å². The van der Waals surface area contributed by atoms with Crippen LogP contribution >= 0.6 is 0 Å². The lowest BCUT2D eigenvalue weighted by atomic mass is 10.2. The summed E-state index contributed by atoms with van der Waals surface area (Å²) >= 11 is 0. The molecule has 0 saturated heterocycles. The van der Waals surface area contributed by atoms with Crippen LogP contribution in [0.4, 0.5) is 10.2 Å². The van der Waals surface area contributed by atoms with Gasteiger partial charge in [-0.3, -0.25) is 4.79 Å². The number of carbonyl (C=O) groups excluding carboxylic acids is 1. The summed E-state index contributed by atoms with van der Waals surface area (Å²) in [7, 11) is 3.15. The van der Waals surface area contributed by atoms with Gasteiger partial charge in [-0.1, -0.05) is 0 Å². The highest BCUT2D eigenvalue weighted by Crippen LogP contribution is 2.13. The fourth-order valence-corrected chi connectivity index (χ4v) is 1.51. The highest BCUT2D eigenvalue weighted by atomic mass is 19.1. The third-order valence-electron chi connectivity index (χ3n) is 2.55. The molecule has 0 saturated carbocycles. The van der Waals surface area contributed by atoms with Crippen LogP contribution in [0, 0.1) is 5.82 Å². The van der Waals surface area contributed by atoms with Gasteiger partial charge >= 0.3 is 0 Å². The third-order valence-corrected chi connectivity index (χ3v) is 2.55. The first-order valence-electron chi connectivity index (χ1n) is 6.37. The number of pyridine rings is 1. The SMILES string of the molecule is CNc1nccc(C(=O)NCCCOCCOC)c1F. The smallest absolute Gasteiger partial charge is 0.254 e. The van der Waals surface area contributed by atoms with Gasteiger partial charge in [-0.05, 0) is 12.5 Å². The maximum absolute atomic E-state index is 13.8. The zero-order valence-electron chi connectivity index (χ0n) is 11.7. The molecule has 0 aliphatic heterocycles. The monoisotopic (exact) mass is 285 g/mol. The molecule has 112 valence electrons. The van der Waals surface area contributed by atoms with Crippen molar-refractivity contribution in [3.05, 3.63) is 23.6 Å². The minimum atomic E-state index is -0.649. The summed E-state index contributed by atoms with van der Waals surface area (Å²) in [5.74, 6) is -1.05. The molecule has 1 aromatic rings. The van der Waals surface area contributed by atoms with Crippen molar-refractivity contribution < 1.29 is 18.7 Å². The molecule has 6 nitrogen and oxygen atoms in total. The second-order valence-corrected chi connectivity index (χ2v) is 3.99. The molecule has 0 aromatic carbocycles. The van der Waals surface area contributed by atoms with Gasteiger partial charge in [0, 0.05) is 33.5 Å². The molecular weight excluding hydrogens is 265 g/mol. The number of hydrogen-bond acceptors (Lipinski definition) is 5. The van der Waals surface area contributed by atoms with Gasteiger partial charge in [-0.15, -0.1) is 0 Å². The van der Waals surface area contributed by atoms with Crippen molar-refractivity contribution in [2.24, 2.45) is 0 Å². The lowest BCUT2D eigenvalue weighted by Gasteiger charge is -2.08. The molecule has 1 aromatic heterocycles. The van der Waals surface area contributed by atoms with Crippen LogP contribution in [0.5, 0.6) is 0 Å². The van der Waals surface area contributed by atoms with Crippen LogP contribution in [0.25, 0.3) is 0 Å². The molecule has 1 amide bonds. The molecule has 1 heterocycles. The van der Waals surface area contributed by atoms with E-state index in [9.17, 15) is 9.18 Å². The van der Waals surface area contributed by atoms with Crippen molar-refractivity contribution in [1.29, 1.82) is 0 Å². The van der Waals surface area contributed by atoms with Crippen LogP contribution in [0.2, 0.25) is 0 Å². The Morgan fingerprint density at radius 3 is 2.90 bits per heavy atom. The van der Waals surface area contributed by atoms with Crippen LogP contribution in [0.1, 0.15) is 16.8 Å². The summed E-state index contributed by atoms with van der Waals surface area (Å²) in [6.07, 6.45) is 2.04. The summed E-state index contributed by atoms with van der Waals surface area (Å²) in [5.41, 5.74) is -0.0235. The van der Waals surface area contributed by atoms with E-state index < -0.39 is 11.7 Å². The minimum Gasteiger partial charge on any atom is -0.382 e. The van der Waals surface area contributed by atoms with Crippen molar-refractivity contribution in [2.45, 2.75) is 6.42 Å². The first-order chi connectivity index (χ1) is 9.70. The summed E-state index contributed by atoms with van der Waals surface area (Å²) in [6.45, 7) is 2.00. The van der Waals surface area contributed by atoms with E-state index in [1.54, 1.807) is 14.2 Å². The molecule has 2 N–H and O–H groups in total. The fourth-order valence-electron chi connectivity index (χ4n) is 1.51. The first-order valence-corrected chi connectivity index (χ1v) is 6.37. The summed E-state index contributed by atoms with van der Waals surface area (Å²) in [6, 6.07) is 1.35. The van der Waals surface area contributed by atoms with E-state index in [1.165, 1.54) is 12.3 Å². The summed E-state index contributed by atoms with van der Waals surface area (Å²) in [4.78, 5) is 15.6. The molecular formula is C13H20FN3O3. The largest absolute Gasteiger partial charge is 0.382 e. The molecule has 0 unspecified atom stereocenters. The van der Waals surface area contributed by atoms with E-state index in [4.69, 9.17) is 9.47 Å². The van der Waals surface area contributed by atoms with E-state index in [0.717, 1.165) is 0 Å². The van der Waals surface area contributed by atoms with Gasteiger partial charge < -0.3 is 20.1 Å². The Labute approximate surface area is 117 Å². The van der Waals surface area contributed by atoms with Crippen molar-refractivity contribution in [3.8, 4) is 0 Å². The number of rotatable bonds is 9. The molecule has 0 aliphatic rings. The Hall–Kier alpha value is -1.73. The van der Waals surface area contributed by atoms with E-state index in [2.05, 4.69) is 15.6 Å². The van der Waals surface area contributed by atoms with Gasteiger partial charge in [-0.2, -0.15) is 0 Å². The van der Waals surface area contributed by atoms with Crippen LogP contribution in [-0.4, -0.2) is 51.4 Å². The number of ether oxygens (including phenoxy) is 2. The zero-order chi connectivity index (χ0) is 14.8. The quantitative estimate of drug-likeness (QED) is 0.663. The van der Waals surface area contributed by atoms with Gasteiger partial charge in [0.25, 0.3) is 5.91 Å². The highest BCUT2D eigenvalue weighted by molar-refractivity contribution is 5.95. The molecule has 7 heteroatoms. The average Bonchev–Trinajstić information content (AvgIpc) is 2.46. The summed E-state index contributed by atoms with van der Waals surface area (Å²) in [5, 5.41) is 5.22. The number of halogens is 1. The second-order valence-electron chi connectivity index (χ2n) is 3.99. The number of hydrogen-bond donors (Lipinski definition) is 2. The molecule has 0 spiro atoms. The zero-order valence-corrected chi connectivity index (χ0v) is 11.7. The van der Waals surface area contributed by atoms with Gasteiger partial charge in [0.15, 0.2) is 11.6 Å². The predicted octanol–water partition coefficient (Wildman–Crippen LogP) is 1.05. The Morgan fingerprint density at radius 2 is 2.20 bits per heavy atom. The van der Waals surface area contributed by atoms with E-state index in [0.29, 0.717) is 32.8 Å². The average molecular weight is 285 g/mol. The maximum Gasteiger partial charge on any atom is 0.254 e. The number of nitrogens with one attached hydrogen (secondary N) is 2.